The van der Waals surface area contributed by atoms with Crippen molar-refractivity contribution in [2.45, 2.75) is 13.0 Å². The predicted octanol–water partition coefficient (Wildman–Crippen LogP) is 1.98. The van der Waals surface area contributed by atoms with Crippen LogP contribution in [0.2, 0.25) is 0 Å². The molecule has 1 aromatic carbocycles. The molecule has 0 saturated carbocycles. The number of morpholine rings is 1. The van der Waals surface area contributed by atoms with Crippen LogP contribution in [0, 0.1) is 0 Å². The van der Waals surface area contributed by atoms with E-state index in [0.717, 1.165) is 19.6 Å². The van der Waals surface area contributed by atoms with Crippen molar-refractivity contribution in [3.05, 3.63) is 42.4 Å². The van der Waals surface area contributed by atoms with Crippen LogP contribution in [0.3, 0.4) is 0 Å². The van der Waals surface area contributed by atoms with E-state index in [1.54, 1.807) is 42.2 Å². The first-order chi connectivity index (χ1) is 13.6. The minimum atomic E-state index is -0.541. The van der Waals surface area contributed by atoms with Gasteiger partial charge in [-0.2, -0.15) is 0 Å². The maximum atomic E-state index is 12.7. The van der Waals surface area contributed by atoms with Gasteiger partial charge in [0.15, 0.2) is 11.9 Å². The molecule has 0 radical (unpaired) electrons. The number of hydrogen-bond acceptors (Lipinski definition) is 6. The zero-order chi connectivity index (χ0) is 19.5. The minimum absolute atomic E-state index is 0.0877. The summed E-state index contributed by atoms with van der Waals surface area (Å²) in [5.74, 6) is 0.421. The van der Waals surface area contributed by atoms with Crippen LogP contribution < -0.4 is 15.0 Å². The Hall–Kier alpha value is -2.84. The first-order valence-corrected chi connectivity index (χ1v) is 9.39. The molecule has 2 aliphatic rings. The van der Waals surface area contributed by atoms with Crippen molar-refractivity contribution in [2.24, 2.45) is 0 Å². The Morgan fingerprint density at radius 2 is 2.04 bits per heavy atom. The van der Waals surface area contributed by atoms with E-state index >= 15 is 0 Å². The molecule has 3 heterocycles. The molecular formula is C20H23N3O5. The lowest BCUT2D eigenvalue weighted by Gasteiger charge is -2.35. The van der Waals surface area contributed by atoms with Crippen LogP contribution in [-0.2, 0) is 9.53 Å². The van der Waals surface area contributed by atoms with Gasteiger partial charge >= 0.3 is 0 Å². The van der Waals surface area contributed by atoms with E-state index in [4.69, 9.17) is 13.9 Å². The zero-order valence-corrected chi connectivity index (χ0v) is 15.7. The van der Waals surface area contributed by atoms with Crippen LogP contribution >= 0.6 is 0 Å². The molecule has 8 nitrogen and oxygen atoms in total. The zero-order valence-electron chi connectivity index (χ0n) is 15.7. The number of carbonyl (C=O) groups excluding carboxylic acids is 2. The average molecular weight is 385 g/mol. The number of fused-ring (bicyclic) bond motifs is 1. The number of ether oxygens (including phenoxy) is 2. The number of carbonyl (C=O) groups is 2. The van der Waals surface area contributed by atoms with Crippen molar-refractivity contribution in [1.29, 1.82) is 0 Å². The van der Waals surface area contributed by atoms with E-state index in [-0.39, 0.29) is 17.6 Å². The quantitative estimate of drug-likeness (QED) is 0.847. The molecule has 148 valence electrons. The number of rotatable bonds is 5. The lowest BCUT2D eigenvalue weighted by molar-refractivity contribution is -0.125. The van der Waals surface area contributed by atoms with Crippen molar-refractivity contribution >= 4 is 23.2 Å². The summed E-state index contributed by atoms with van der Waals surface area (Å²) in [4.78, 5) is 29.0. The third-order valence-corrected chi connectivity index (χ3v) is 4.91. The van der Waals surface area contributed by atoms with Crippen molar-refractivity contribution < 1.29 is 23.5 Å². The smallest absolute Gasteiger partial charge is 0.291 e. The minimum Gasteiger partial charge on any atom is -0.479 e. The largest absolute Gasteiger partial charge is 0.479 e. The maximum absolute atomic E-state index is 12.7. The second kappa shape index (κ2) is 8.04. The second-order valence-corrected chi connectivity index (χ2v) is 6.82. The summed E-state index contributed by atoms with van der Waals surface area (Å²) >= 11 is 0. The molecule has 1 unspecified atom stereocenters. The van der Waals surface area contributed by atoms with Crippen molar-refractivity contribution in [3.63, 3.8) is 0 Å². The SMILES string of the molecule is CC1Oc2ccc(NC(=O)c3ccco3)cc2N(CCN2CCOCC2)C1=O. The number of hydrogen-bond donors (Lipinski definition) is 1. The van der Waals surface area contributed by atoms with Gasteiger partial charge in [-0.25, -0.2) is 0 Å². The highest BCUT2D eigenvalue weighted by molar-refractivity contribution is 6.04. The van der Waals surface area contributed by atoms with E-state index < -0.39 is 6.10 Å². The molecule has 0 aliphatic carbocycles. The van der Waals surface area contributed by atoms with E-state index in [2.05, 4.69) is 10.2 Å². The van der Waals surface area contributed by atoms with Gasteiger partial charge in [-0.05, 0) is 37.3 Å². The summed E-state index contributed by atoms with van der Waals surface area (Å²) in [7, 11) is 0. The molecule has 1 saturated heterocycles. The van der Waals surface area contributed by atoms with Gasteiger partial charge < -0.3 is 24.1 Å². The van der Waals surface area contributed by atoms with E-state index in [1.807, 2.05) is 0 Å². The van der Waals surface area contributed by atoms with Crippen LogP contribution in [0.5, 0.6) is 5.75 Å². The van der Waals surface area contributed by atoms with Crippen molar-refractivity contribution in [2.75, 3.05) is 49.6 Å². The van der Waals surface area contributed by atoms with Crippen LogP contribution in [0.1, 0.15) is 17.5 Å². The van der Waals surface area contributed by atoms with Crippen LogP contribution in [0.15, 0.2) is 41.0 Å². The Bertz CT molecular complexity index is 846. The molecule has 2 aliphatic heterocycles. The fourth-order valence-electron chi connectivity index (χ4n) is 3.38. The Kier molecular flexibility index (Phi) is 5.31. The van der Waals surface area contributed by atoms with Gasteiger partial charge in [0.05, 0.1) is 25.2 Å². The molecule has 2 amide bonds. The number of nitrogens with zero attached hydrogens (tertiary/aromatic N) is 2. The molecule has 8 heteroatoms. The Balaban J connectivity index is 1.52. The van der Waals surface area contributed by atoms with Crippen LogP contribution in [0.25, 0.3) is 0 Å². The normalized spacial score (nSPS) is 19.8. The van der Waals surface area contributed by atoms with Gasteiger partial charge in [-0.3, -0.25) is 14.5 Å². The molecule has 1 fully saturated rings. The molecule has 28 heavy (non-hydrogen) atoms. The van der Waals surface area contributed by atoms with Gasteiger partial charge in [0.2, 0.25) is 0 Å². The maximum Gasteiger partial charge on any atom is 0.291 e. The van der Waals surface area contributed by atoms with Gasteiger partial charge in [-0.1, -0.05) is 0 Å². The monoisotopic (exact) mass is 385 g/mol. The molecule has 1 N–H and O–H groups in total. The van der Waals surface area contributed by atoms with Crippen LogP contribution in [-0.4, -0.2) is 62.2 Å². The van der Waals surface area contributed by atoms with Gasteiger partial charge in [0.25, 0.3) is 11.8 Å². The third-order valence-electron chi connectivity index (χ3n) is 4.91. The lowest BCUT2D eigenvalue weighted by Crippen LogP contribution is -2.48. The van der Waals surface area contributed by atoms with Gasteiger partial charge in [-0.15, -0.1) is 0 Å². The summed E-state index contributed by atoms with van der Waals surface area (Å²) in [5, 5.41) is 2.79. The first kappa shape index (κ1) is 18.5. The number of amides is 2. The molecule has 1 aromatic heterocycles. The van der Waals surface area contributed by atoms with Crippen LogP contribution in [0.4, 0.5) is 11.4 Å². The number of benzene rings is 1. The third kappa shape index (κ3) is 3.88. The highest BCUT2D eigenvalue weighted by Gasteiger charge is 2.32. The van der Waals surface area contributed by atoms with E-state index in [1.165, 1.54) is 6.26 Å². The summed E-state index contributed by atoms with van der Waals surface area (Å²) in [5.41, 5.74) is 1.23. The van der Waals surface area contributed by atoms with Gasteiger partial charge in [0.1, 0.15) is 5.75 Å². The number of nitrogens with one attached hydrogen (secondary N) is 1. The highest BCUT2D eigenvalue weighted by atomic mass is 16.5. The fourth-order valence-corrected chi connectivity index (χ4v) is 3.38. The lowest BCUT2D eigenvalue weighted by atomic mass is 10.1. The standard InChI is InChI=1S/C20H23N3O5/c1-14-20(25)23(7-6-22-8-11-26-12-9-22)16-13-15(4-5-17(16)28-14)21-19(24)18-3-2-10-27-18/h2-5,10,13-14H,6-9,11-12H2,1H3,(H,21,24). The first-order valence-electron chi connectivity index (χ1n) is 9.39. The fraction of sp³-hybridized carbons (Fsp3) is 0.400. The van der Waals surface area contributed by atoms with E-state index in [0.29, 0.717) is 36.9 Å². The molecule has 1 atom stereocenters. The summed E-state index contributed by atoms with van der Waals surface area (Å²) in [6.45, 7) is 6.21. The second-order valence-electron chi connectivity index (χ2n) is 6.82. The number of furan rings is 1. The highest BCUT2D eigenvalue weighted by Crippen LogP contribution is 2.36. The molecule has 2 aromatic rings. The summed E-state index contributed by atoms with van der Waals surface area (Å²) in [6, 6.07) is 8.54. The molecule has 4 rings (SSSR count). The summed E-state index contributed by atoms with van der Waals surface area (Å²) in [6.07, 6.45) is 0.906. The van der Waals surface area contributed by atoms with Crippen molar-refractivity contribution in [3.8, 4) is 5.75 Å². The average Bonchev–Trinajstić information content (AvgIpc) is 3.25. The van der Waals surface area contributed by atoms with E-state index in [9.17, 15) is 9.59 Å². The Morgan fingerprint density at radius 1 is 1.21 bits per heavy atom. The molecule has 0 bridgehead atoms. The molecule has 0 spiro atoms. The predicted molar refractivity (Wildman–Crippen MR) is 103 cm³/mol. The summed E-state index contributed by atoms with van der Waals surface area (Å²) < 4.78 is 16.2. The molecular weight excluding hydrogens is 362 g/mol. The van der Waals surface area contributed by atoms with Gasteiger partial charge in [0, 0.05) is 31.9 Å². The number of anilines is 2. The Morgan fingerprint density at radius 3 is 2.79 bits per heavy atom. The topological polar surface area (TPSA) is 84.2 Å². The van der Waals surface area contributed by atoms with Crippen molar-refractivity contribution in [1.82, 2.24) is 4.90 Å². The Labute approximate surface area is 163 Å².